The third-order valence-electron chi connectivity index (χ3n) is 3.55. The van der Waals surface area contributed by atoms with E-state index < -0.39 is 5.38 Å². The monoisotopic (exact) mass is 407 g/mol. The second-order valence-electron chi connectivity index (χ2n) is 5.41. The van der Waals surface area contributed by atoms with Gasteiger partial charge in [0.05, 0.1) is 12.4 Å². The Balaban J connectivity index is 1.76. The number of methoxy groups -OCH3 is 1. The maximum Gasteiger partial charge on any atom is 0.240 e. The van der Waals surface area contributed by atoms with Crippen molar-refractivity contribution in [1.29, 1.82) is 0 Å². The van der Waals surface area contributed by atoms with Gasteiger partial charge in [-0.3, -0.25) is 9.59 Å². The molecule has 2 amide bonds. The van der Waals surface area contributed by atoms with Crippen LogP contribution in [-0.2, 0) is 14.3 Å². The van der Waals surface area contributed by atoms with Crippen molar-refractivity contribution in [3.8, 4) is 0 Å². The maximum atomic E-state index is 11.9. The van der Waals surface area contributed by atoms with Gasteiger partial charge >= 0.3 is 0 Å². The fourth-order valence-electron chi connectivity index (χ4n) is 2.23. The second kappa shape index (κ2) is 10.1. The quantitative estimate of drug-likeness (QED) is 0.385. The lowest BCUT2D eigenvalue weighted by Crippen LogP contribution is -2.50. The van der Waals surface area contributed by atoms with E-state index in [1.807, 2.05) is 0 Å². The summed E-state index contributed by atoms with van der Waals surface area (Å²) < 4.78 is 5.64. The third-order valence-corrected chi connectivity index (χ3v) is 5.86. The minimum absolute atomic E-state index is 0.0330. The number of aromatic nitrogens is 2. The van der Waals surface area contributed by atoms with Gasteiger partial charge in [-0.05, 0) is 6.92 Å². The third kappa shape index (κ3) is 6.28. The van der Waals surface area contributed by atoms with Crippen LogP contribution >= 0.6 is 34.7 Å². The molecule has 1 aliphatic heterocycles. The lowest BCUT2D eigenvalue weighted by atomic mass is 10.3. The first-order chi connectivity index (χ1) is 12.0. The first kappa shape index (κ1) is 20.2. The highest BCUT2D eigenvalue weighted by atomic mass is 35.5. The predicted octanol–water partition coefficient (Wildman–Crippen LogP) is 0.669. The van der Waals surface area contributed by atoms with Crippen LogP contribution in [-0.4, -0.2) is 84.5 Å². The smallest absolute Gasteiger partial charge is 0.240 e. The van der Waals surface area contributed by atoms with Crippen LogP contribution in [0.5, 0.6) is 0 Å². The molecule has 0 aliphatic carbocycles. The lowest BCUT2D eigenvalue weighted by molar-refractivity contribution is -0.130. The van der Waals surface area contributed by atoms with Crippen molar-refractivity contribution in [2.24, 2.45) is 0 Å². The Morgan fingerprint density at radius 2 is 2.08 bits per heavy atom. The van der Waals surface area contributed by atoms with Crippen molar-refractivity contribution in [2.75, 3.05) is 57.1 Å². The summed E-state index contributed by atoms with van der Waals surface area (Å²) in [6.07, 6.45) is 0. The molecule has 8 nitrogen and oxygen atoms in total. The Hall–Kier alpha value is -1.10. The molecule has 0 bridgehead atoms. The SMILES string of the molecule is COCCNC(=O)CSc1nnc(N2CCN(C(=O)C(C)Cl)CC2)s1. The minimum atomic E-state index is -0.494. The number of nitrogens with zero attached hydrogens (tertiary/aromatic N) is 4. The van der Waals surface area contributed by atoms with E-state index in [2.05, 4.69) is 20.4 Å². The van der Waals surface area contributed by atoms with Gasteiger partial charge in [-0.15, -0.1) is 21.8 Å². The second-order valence-corrected chi connectivity index (χ2v) is 8.24. The number of carbonyl (C=O) groups is 2. The summed E-state index contributed by atoms with van der Waals surface area (Å²) in [4.78, 5) is 27.4. The molecule has 1 N–H and O–H groups in total. The number of rotatable bonds is 8. The Labute approximate surface area is 160 Å². The molecule has 2 heterocycles. The van der Waals surface area contributed by atoms with Crippen LogP contribution in [0.2, 0.25) is 0 Å². The van der Waals surface area contributed by atoms with Crippen LogP contribution in [0.25, 0.3) is 0 Å². The number of alkyl halides is 1. The summed E-state index contributed by atoms with van der Waals surface area (Å²) in [7, 11) is 1.59. The normalized spacial score (nSPS) is 16.0. The van der Waals surface area contributed by atoms with Gasteiger partial charge in [0.25, 0.3) is 0 Å². The van der Waals surface area contributed by atoms with Crippen LogP contribution < -0.4 is 10.2 Å². The van der Waals surface area contributed by atoms with E-state index in [-0.39, 0.29) is 11.8 Å². The Kier molecular flexibility index (Phi) is 8.20. The van der Waals surface area contributed by atoms with Crippen LogP contribution in [0.4, 0.5) is 5.13 Å². The fourth-order valence-corrected chi connectivity index (χ4v) is 4.09. The van der Waals surface area contributed by atoms with Crippen LogP contribution in [0, 0.1) is 0 Å². The number of hydrogen-bond donors (Lipinski definition) is 1. The van der Waals surface area contributed by atoms with Crippen molar-refractivity contribution in [3.05, 3.63) is 0 Å². The minimum Gasteiger partial charge on any atom is -0.383 e. The average molecular weight is 408 g/mol. The molecule has 25 heavy (non-hydrogen) atoms. The van der Waals surface area contributed by atoms with Crippen LogP contribution in [0.1, 0.15) is 6.92 Å². The summed E-state index contributed by atoms with van der Waals surface area (Å²) >= 11 is 8.67. The van der Waals surface area contributed by atoms with Crippen molar-refractivity contribution in [3.63, 3.8) is 0 Å². The molecule has 0 saturated carbocycles. The molecule has 2 rings (SSSR count). The molecule has 1 unspecified atom stereocenters. The van der Waals surface area contributed by atoms with Gasteiger partial charge in [0.15, 0.2) is 4.34 Å². The fraction of sp³-hybridized carbons (Fsp3) is 0.714. The first-order valence-electron chi connectivity index (χ1n) is 7.91. The average Bonchev–Trinajstić information content (AvgIpc) is 3.08. The summed E-state index contributed by atoms with van der Waals surface area (Å²) in [6, 6.07) is 0. The van der Waals surface area contributed by atoms with Gasteiger partial charge in [0.1, 0.15) is 5.38 Å². The van der Waals surface area contributed by atoms with Gasteiger partial charge < -0.3 is 19.9 Å². The van der Waals surface area contributed by atoms with Gasteiger partial charge in [-0.25, -0.2) is 0 Å². The lowest BCUT2D eigenvalue weighted by Gasteiger charge is -2.34. The molecule has 1 fully saturated rings. The summed E-state index contributed by atoms with van der Waals surface area (Å²) in [5.74, 6) is 0.212. The zero-order valence-electron chi connectivity index (χ0n) is 14.2. The van der Waals surface area contributed by atoms with E-state index in [1.54, 1.807) is 18.9 Å². The number of nitrogens with one attached hydrogen (secondary N) is 1. The molecular weight excluding hydrogens is 386 g/mol. The number of hydrogen-bond acceptors (Lipinski definition) is 8. The molecule has 0 spiro atoms. The Bertz CT molecular complexity index is 579. The molecule has 11 heteroatoms. The van der Waals surface area contributed by atoms with E-state index in [1.165, 1.54) is 23.1 Å². The van der Waals surface area contributed by atoms with Gasteiger partial charge in [0.2, 0.25) is 16.9 Å². The van der Waals surface area contributed by atoms with Crippen LogP contribution in [0.15, 0.2) is 4.34 Å². The zero-order chi connectivity index (χ0) is 18.2. The van der Waals surface area contributed by atoms with Gasteiger partial charge in [-0.1, -0.05) is 23.1 Å². The number of piperazine rings is 1. The zero-order valence-corrected chi connectivity index (χ0v) is 16.6. The number of thioether (sulfide) groups is 1. The number of halogens is 1. The number of ether oxygens (including phenoxy) is 1. The maximum absolute atomic E-state index is 11.9. The Morgan fingerprint density at radius 3 is 2.72 bits per heavy atom. The van der Waals surface area contributed by atoms with Crippen molar-refractivity contribution in [1.82, 2.24) is 20.4 Å². The van der Waals surface area contributed by atoms with E-state index in [0.717, 1.165) is 9.47 Å². The molecule has 1 aromatic rings. The summed E-state index contributed by atoms with van der Waals surface area (Å²) in [5, 5.41) is 11.4. The summed E-state index contributed by atoms with van der Waals surface area (Å²) in [6.45, 7) is 5.34. The van der Waals surface area contributed by atoms with Crippen molar-refractivity contribution >= 4 is 51.6 Å². The Morgan fingerprint density at radius 1 is 1.36 bits per heavy atom. The molecule has 1 aliphatic rings. The molecule has 140 valence electrons. The van der Waals surface area contributed by atoms with Gasteiger partial charge in [-0.2, -0.15) is 0 Å². The molecule has 1 atom stereocenters. The highest BCUT2D eigenvalue weighted by Crippen LogP contribution is 2.28. The number of carbonyl (C=O) groups excluding carboxylic acids is 2. The van der Waals surface area contributed by atoms with E-state index in [9.17, 15) is 9.59 Å². The largest absolute Gasteiger partial charge is 0.383 e. The standard InChI is InChI=1S/C14H22ClN5O3S2/c1-10(15)12(22)19-4-6-20(7-5-19)13-17-18-14(25-13)24-9-11(21)16-3-8-23-2/h10H,3-9H2,1-2H3,(H,16,21). The number of amides is 2. The molecular formula is C14H22ClN5O3S2. The van der Waals surface area contributed by atoms with Crippen molar-refractivity contribution < 1.29 is 14.3 Å². The first-order valence-corrected chi connectivity index (χ1v) is 10.1. The number of anilines is 1. The molecule has 0 radical (unpaired) electrons. The van der Waals surface area contributed by atoms with Gasteiger partial charge in [0, 0.05) is 39.8 Å². The summed E-state index contributed by atoms with van der Waals surface area (Å²) in [5.41, 5.74) is 0. The van der Waals surface area contributed by atoms with Crippen molar-refractivity contribution in [2.45, 2.75) is 16.6 Å². The molecule has 1 aromatic heterocycles. The van der Waals surface area contributed by atoms with E-state index in [0.29, 0.717) is 45.1 Å². The molecule has 0 aromatic carbocycles. The predicted molar refractivity (Wildman–Crippen MR) is 99.6 cm³/mol. The topological polar surface area (TPSA) is 87.7 Å². The van der Waals surface area contributed by atoms with Crippen LogP contribution in [0.3, 0.4) is 0 Å². The van der Waals surface area contributed by atoms with E-state index in [4.69, 9.17) is 16.3 Å². The molecule has 1 saturated heterocycles. The van der Waals surface area contributed by atoms with E-state index >= 15 is 0 Å². The highest BCUT2D eigenvalue weighted by molar-refractivity contribution is 8.01. The highest BCUT2D eigenvalue weighted by Gasteiger charge is 2.25.